The van der Waals surface area contributed by atoms with Gasteiger partial charge >= 0.3 is 12.6 Å². The summed E-state index contributed by atoms with van der Waals surface area (Å²) >= 11 is 0. The molecule has 8 heteroatoms. The predicted octanol–water partition coefficient (Wildman–Crippen LogP) is 1.90. The van der Waals surface area contributed by atoms with Gasteiger partial charge in [-0.2, -0.15) is 8.78 Å². The standard InChI is InChI=1S/C15H17F2NO5/c16-14(17)23-11-3-1-10(2-4-11)12(19)18-9-15(13(20)21)5-7-22-8-6-15/h1-4,14H,5-9H2,(H,18,19)(H,20,21). The Morgan fingerprint density at radius 3 is 2.39 bits per heavy atom. The number of carbonyl (C=O) groups is 2. The zero-order chi connectivity index (χ0) is 16.9. The van der Waals surface area contributed by atoms with Gasteiger partial charge in [-0.15, -0.1) is 0 Å². The molecule has 0 radical (unpaired) electrons. The maximum atomic E-state index is 12.1. The lowest BCUT2D eigenvalue weighted by atomic mass is 9.80. The number of carbonyl (C=O) groups excluding carboxylic acids is 1. The summed E-state index contributed by atoms with van der Waals surface area (Å²) in [5.74, 6) is -1.49. The Bertz CT molecular complexity index is 555. The number of nitrogens with one attached hydrogen (secondary N) is 1. The van der Waals surface area contributed by atoms with E-state index >= 15 is 0 Å². The molecule has 1 aromatic carbocycles. The van der Waals surface area contributed by atoms with Gasteiger partial charge in [-0.1, -0.05) is 0 Å². The van der Waals surface area contributed by atoms with Crippen LogP contribution in [0.25, 0.3) is 0 Å². The molecule has 1 saturated heterocycles. The summed E-state index contributed by atoms with van der Waals surface area (Å²) < 4.78 is 33.5. The highest BCUT2D eigenvalue weighted by Crippen LogP contribution is 2.30. The number of carboxylic acid groups (broad SMARTS) is 1. The van der Waals surface area contributed by atoms with Crippen LogP contribution in [0.2, 0.25) is 0 Å². The first-order valence-electron chi connectivity index (χ1n) is 7.07. The van der Waals surface area contributed by atoms with E-state index in [1.807, 2.05) is 0 Å². The summed E-state index contributed by atoms with van der Waals surface area (Å²) in [6.45, 7) is -2.28. The molecule has 23 heavy (non-hydrogen) atoms. The van der Waals surface area contributed by atoms with E-state index in [4.69, 9.17) is 4.74 Å². The second-order valence-electron chi connectivity index (χ2n) is 5.28. The average Bonchev–Trinajstić information content (AvgIpc) is 2.53. The quantitative estimate of drug-likeness (QED) is 0.833. The number of rotatable bonds is 6. The molecule has 1 amide bonds. The van der Waals surface area contributed by atoms with Gasteiger partial charge in [0.05, 0.1) is 5.41 Å². The van der Waals surface area contributed by atoms with E-state index in [0.717, 1.165) is 0 Å². The Hall–Kier alpha value is -2.22. The molecule has 6 nitrogen and oxygen atoms in total. The molecular formula is C15H17F2NO5. The van der Waals surface area contributed by atoms with Crippen molar-refractivity contribution in [1.82, 2.24) is 5.32 Å². The van der Waals surface area contributed by atoms with Crippen LogP contribution in [0.3, 0.4) is 0 Å². The minimum absolute atomic E-state index is 0.0141. The molecule has 1 heterocycles. The van der Waals surface area contributed by atoms with Gasteiger partial charge in [0, 0.05) is 25.3 Å². The lowest BCUT2D eigenvalue weighted by Gasteiger charge is -2.33. The number of benzene rings is 1. The predicted molar refractivity (Wildman–Crippen MR) is 75.5 cm³/mol. The number of alkyl halides is 2. The highest BCUT2D eigenvalue weighted by Gasteiger charge is 2.40. The zero-order valence-electron chi connectivity index (χ0n) is 12.3. The third-order valence-corrected chi connectivity index (χ3v) is 3.83. The van der Waals surface area contributed by atoms with E-state index in [0.29, 0.717) is 26.1 Å². The van der Waals surface area contributed by atoms with Gasteiger partial charge in [0.15, 0.2) is 0 Å². The summed E-state index contributed by atoms with van der Waals surface area (Å²) in [4.78, 5) is 23.5. The Kier molecular flexibility index (Phi) is 5.49. The van der Waals surface area contributed by atoms with Crippen molar-refractivity contribution in [3.63, 3.8) is 0 Å². The number of hydrogen-bond donors (Lipinski definition) is 2. The van der Waals surface area contributed by atoms with Gasteiger partial charge < -0.3 is 19.9 Å². The molecule has 1 fully saturated rings. The molecule has 0 atom stereocenters. The van der Waals surface area contributed by atoms with Crippen molar-refractivity contribution in [1.29, 1.82) is 0 Å². The monoisotopic (exact) mass is 329 g/mol. The first-order chi connectivity index (χ1) is 10.9. The molecule has 1 aliphatic rings. The van der Waals surface area contributed by atoms with Crippen molar-refractivity contribution in [2.45, 2.75) is 19.5 Å². The van der Waals surface area contributed by atoms with Crippen LogP contribution >= 0.6 is 0 Å². The number of hydrogen-bond acceptors (Lipinski definition) is 4. The fourth-order valence-corrected chi connectivity index (χ4v) is 2.37. The largest absolute Gasteiger partial charge is 0.481 e. The third kappa shape index (κ3) is 4.38. The molecule has 0 aliphatic carbocycles. The van der Waals surface area contributed by atoms with Crippen LogP contribution in [0.5, 0.6) is 5.75 Å². The van der Waals surface area contributed by atoms with Gasteiger partial charge in [-0.3, -0.25) is 9.59 Å². The maximum Gasteiger partial charge on any atom is 0.387 e. The van der Waals surface area contributed by atoms with Gasteiger partial charge in [-0.05, 0) is 37.1 Å². The summed E-state index contributed by atoms with van der Waals surface area (Å²) in [7, 11) is 0. The highest BCUT2D eigenvalue weighted by molar-refractivity contribution is 5.94. The fraction of sp³-hybridized carbons (Fsp3) is 0.467. The highest BCUT2D eigenvalue weighted by atomic mass is 19.3. The topological polar surface area (TPSA) is 84.9 Å². The van der Waals surface area contributed by atoms with E-state index in [-0.39, 0.29) is 17.9 Å². The number of halogens is 2. The van der Waals surface area contributed by atoms with Gasteiger partial charge in [0.25, 0.3) is 5.91 Å². The normalized spacial score (nSPS) is 16.8. The minimum atomic E-state index is -2.93. The molecule has 126 valence electrons. The fourth-order valence-electron chi connectivity index (χ4n) is 2.37. The van der Waals surface area contributed by atoms with Crippen LogP contribution < -0.4 is 10.1 Å². The van der Waals surface area contributed by atoms with E-state index < -0.39 is 23.9 Å². The van der Waals surface area contributed by atoms with Crippen LogP contribution in [-0.4, -0.2) is 43.4 Å². The van der Waals surface area contributed by atoms with E-state index in [1.54, 1.807) is 0 Å². The van der Waals surface area contributed by atoms with Crippen molar-refractivity contribution in [3.05, 3.63) is 29.8 Å². The van der Waals surface area contributed by atoms with Crippen molar-refractivity contribution >= 4 is 11.9 Å². The maximum absolute atomic E-state index is 12.1. The SMILES string of the molecule is O=C(NCC1(C(=O)O)CCOCC1)c1ccc(OC(F)F)cc1. The van der Waals surface area contributed by atoms with Gasteiger partial charge in [0.1, 0.15) is 5.75 Å². The smallest absolute Gasteiger partial charge is 0.387 e. The zero-order valence-corrected chi connectivity index (χ0v) is 12.3. The molecule has 1 aromatic rings. The Morgan fingerprint density at radius 1 is 1.26 bits per heavy atom. The van der Waals surface area contributed by atoms with Gasteiger partial charge in [-0.25, -0.2) is 0 Å². The molecule has 0 unspecified atom stereocenters. The Morgan fingerprint density at radius 2 is 1.87 bits per heavy atom. The number of amides is 1. The minimum Gasteiger partial charge on any atom is -0.481 e. The van der Waals surface area contributed by atoms with Crippen LogP contribution in [0, 0.1) is 5.41 Å². The number of carboxylic acids is 1. The molecule has 2 N–H and O–H groups in total. The number of aliphatic carboxylic acids is 1. The van der Waals surface area contributed by atoms with Crippen molar-refractivity contribution < 1.29 is 33.0 Å². The van der Waals surface area contributed by atoms with Crippen LogP contribution in [0.1, 0.15) is 23.2 Å². The lowest BCUT2D eigenvalue weighted by Crippen LogP contribution is -2.46. The second-order valence-corrected chi connectivity index (χ2v) is 5.28. The first kappa shape index (κ1) is 17.1. The van der Waals surface area contributed by atoms with E-state index in [2.05, 4.69) is 10.1 Å². The number of ether oxygens (including phenoxy) is 2. The molecule has 2 rings (SSSR count). The van der Waals surface area contributed by atoms with E-state index in [1.165, 1.54) is 24.3 Å². The summed E-state index contributed by atoms with van der Waals surface area (Å²) in [5, 5.41) is 12.0. The van der Waals surface area contributed by atoms with Crippen LogP contribution in [-0.2, 0) is 9.53 Å². The Labute approximate surface area is 131 Å². The molecule has 1 aliphatic heterocycles. The summed E-state index contributed by atoms with van der Waals surface area (Å²) in [5.41, 5.74) is -0.800. The lowest BCUT2D eigenvalue weighted by molar-refractivity contribution is -0.154. The van der Waals surface area contributed by atoms with Crippen LogP contribution in [0.15, 0.2) is 24.3 Å². The van der Waals surface area contributed by atoms with Crippen molar-refractivity contribution in [2.75, 3.05) is 19.8 Å². The summed E-state index contributed by atoms with van der Waals surface area (Å²) in [6.07, 6.45) is 0.646. The van der Waals surface area contributed by atoms with Crippen molar-refractivity contribution in [3.8, 4) is 5.75 Å². The van der Waals surface area contributed by atoms with Gasteiger partial charge in [0.2, 0.25) is 0 Å². The summed E-state index contributed by atoms with van der Waals surface area (Å²) in [6, 6.07) is 5.18. The van der Waals surface area contributed by atoms with Crippen LogP contribution in [0.4, 0.5) is 8.78 Å². The Balaban J connectivity index is 1.97. The molecular weight excluding hydrogens is 312 g/mol. The molecule has 0 aromatic heterocycles. The molecule has 0 saturated carbocycles. The molecule has 0 spiro atoms. The average molecular weight is 329 g/mol. The third-order valence-electron chi connectivity index (χ3n) is 3.83. The van der Waals surface area contributed by atoms with E-state index in [9.17, 15) is 23.5 Å². The first-order valence-corrected chi connectivity index (χ1v) is 7.07. The molecule has 0 bridgehead atoms. The second kappa shape index (κ2) is 7.36. The van der Waals surface area contributed by atoms with Crippen molar-refractivity contribution in [2.24, 2.45) is 5.41 Å².